The Bertz CT molecular complexity index is 184. The summed E-state index contributed by atoms with van der Waals surface area (Å²) in [5.74, 6) is -0.118. The summed E-state index contributed by atoms with van der Waals surface area (Å²) in [7, 11) is -1.75. The molecule has 0 saturated carbocycles. The summed E-state index contributed by atoms with van der Waals surface area (Å²) >= 11 is 0. The second-order valence-corrected chi connectivity index (χ2v) is 6.12. The molecule has 1 aliphatic heterocycles. The summed E-state index contributed by atoms with van der Waals surface area (Å²) in [6.45, 7) is 11.3. The molecule has 0 aromatic heterocycles. The predicted molar refractivity (Wildman–Crippen MR) is 54.7 cm³/mol. The van der Waals surface area contributed by atoms with Gasteiger partial charge >= 0.3 is 0 Å². The van der Waals surface area contributed by atoms with Gasteiger partial charge in [0.1, 0.15) is 0 Å². The van der Waals surface area contributed by atoms with Crippen LogP contribution in [0.5, 0.6) is 0 Å². The summed E-state index contributed by atoms with van der Waals surface area (Å²) < 4.78 is 12.2. The maximum atomic E-state index is 10.7. The number of carbonyl (C=O) groups excluding carboxylic acids is 1. The maximum Gasteiger partial charge on any atom is 0.235 e. The van der Waals surface area contributed by atoms with Crippen molar-refractivity contribution < 1.29 is 13.5 Å². The van der Waals surface area contributed by atoms with E-state index in [1.54, 1.807) is 0 Å². The highest BCUT2D eigenvalue weighted by atomic mass is 32.3. The van der Waals surface area contributed by atoms with Gasteiger partial charge in [-0.05, 0) is 31.5 Å². The zero-order valence-electron chi connectivity index (χ0n) is 9.13. The minimum atomic E-state index is -1.75. The van der Waals surface area contributed by atoms with E-state index in [4.69, 9.17) is 8.67 Å². The Morgan fingerprint density at radius 3 is 1.69 bits per heavy atom. The van der Waals surface area contributed by atoms with Crippen LogP contribution in [-0.4, -0.2) is 10.7 Å². The molecule has 0 aromatic rings. The Balaban J connectivity index is 0.000000671. The monoisotopic (exact) mass is 209 g/mol. The Morgan fingerprint density at radius 2 is 1.62 bits per heavy atom. The van der Waals surface area contributed by atoms with Crippen LogP contribution >= 0.6 is 10.8 Å². The first-order valence-corrected chi connectivity index (χ1v) is 5.85. The van der Waals surface area contributed by atoms with Crippen molar-refractivity contribution >= 4 is 16.7 Å². The van der Waals surface area contributed by atoms with Gasteiger partial charge in [0.2, 0.25) is 5.91 Å². The molecule has 4 nitrogen and oxygen atoms in total. The SMILES string of the molecule is CC.CC(=O)NS1(C(C)(C)C)OO1. The summed E-state index contributed by atoms with van der Waals surface area (Å²) in [6, 6.07) is 0. The first-order chi connectivity index (χ1) is 5.87. The Labute approximate surface area is 81.8 Å². The summed E-state index contributed by atoms with van der Waals surface area (Å²) in [4.78, 5) is 10.7. The Hall–Kier alpha value is -0.260. The van der Waals surface area contributed by atoms with E-state index in [1.165, 1.54) is 6.92 Å². The topological polar surface area (TPSA) is 54.2 Å². The van der Waals surface area contributed by atoms with E-state index in [0.29, 0.717) is 0 Å². The van der Waals surface area contributed by atoms with E-state index >= 15 is 0 Å². The van der Waals surface area contributed by atoms with Crippen LogP contribution in [-0.2, 0) is 13.5 Å². The van der Waals surface area contributed by atoms with Crippen LogP contribution in [0.3, 0.4) is 0 Å². The van der Waals surface area contributed by atoms with Crippen molar-refractivity contribution in [3.8, 4) is 0 Å². The molecule has 1 fully saturated rings. The first kappa shape index (κ1) is 12.7. The molecule has 80 valence electrons. The van der Waals surface area contributed by atoms with Crippen molar-refractivity contribution in [1.82, 2.24) is 4.72 Å². The first-order valence-electron chi connectivity index (χ1n) is 4.36. The zero-order valence-corrected chi connectivity index (χ0v) is 9.95. The minimum absolute atomic E-state index is 0.118. The van der Waals surface area contributed by atoms with Crippen LogP contribution in [0.1, 0.15) is 41.5 Å². The van der Waals surface area contributed by atoms with E-state index in [-0.39, 0.29) is 10.7 Å². The van der Waals surface area contributed by atoms with E-state index in [1.807, 2.05) is 34.6 Å². The van der Waals surface area contributed by atoms with Crippen molar-refractivity contribution in [2.45, 2.75) is 46.3 Å². The zero-order chi connectivity index (χ0) is 10.7. The molecule has 0 radical (unpaired) electrons. The lowest BCUT2D eigenvalue weighted by molar-refractivity contribution is -0.117. The average molecular weight is 209 g/mol. The fourth-order valence-corrected chi connectivity index (χ4v) is 1.99. The summed E-state index contributed by atoms with van der Waals surface area (Å²) in [5, 5.41) is 0. The van der Waals surface area contributed by atoms with Gasteiger partial charge in [0.05, 0.1) is 4.75 Å². The highest BCUT2D eigenvalue weighted by molar-refractivity contribution is 8.29. The van der Waals surface area contributed by atoms with Gasteiger partial charge in [-0.1, -0.05) is 22.5 Å². The maximum absolute atomic E-state index is 10.7. The molecule has 1 rings (SSSR count). The molecule has 1 N–H and O–H groups in total. The number of hydrogen-bond donors (Lipinski definition) is 1. The van der Waals surface area contributed by atoms with Gasteiger partial charge in [-0.15, -0.1) is 0 Å². The number of rotatable bonds is 1. The molecule has 0 unspecified atom stereocenters. The fourth-order valence-electron chi connectivity index (χ4n) is 0.608. The molecule has 0 aliphatic carbocycles. The van der Waals surface area contributed by atoms with Gasteiger partial charge in [0, 0.05) is 6.92 Å². The molecule has 1 aliphatic rings. The molecule has 1 amide bonds. The lowest BCUT2D eigenvalue weighted by atomic mass is 10.3. The highest BCUT2D eigenvalue weighted by Gasteiger charge is 2.50. The van der Waals surface area contributed by atoms with Gasteiger partial charge < -0.3 is 0 Å². The van der Waals surface area contributed by atoms with Crippen LogP contribution in [0.4, 0.5) is 0 Å². The van der Waals surface area contributed by atoms with Gasteiger partial charge in [0.25, 0.3) is 0 Å². The second-order valence-electron chi connectivity index (χ2n) is 3.41. The van der Waals surface area contributed by atoms with Crippen LogP contribution in [0.2, 0.25) is 0 Å². The number of amides is 1. The Morgan fingerprint density at radius 1 is 1.23 bits per heavy atom. The third kappa shape index (κ3) is 3.17. The van der Waals surface area contributed by atoms with Crippen molar-refractivity contribution in [3.05, 3.63) is 0 Å². The largest absolute Gasteiger partial charge is 0.274 e. The number of carbonyl (C=O) groups is 1. The lowest BCUT2D eigenvalue weighted by Gasteiger charge is -2.29. The van der Waals surface area contributed by atoms with Gasteiger partial charge in [-0.2, -0.15) is 0 Å². The summed E-state index contributed by atoms with van der Waals surface area (Å²) in [5.41, 5.74) is 0. The van der Waals surface area contributed by atoms with E-state index < -0.39 is 10.8 Å². The predicted octanol–water partition coefficient (Wildman–Crippen LogP) is 2.46. The van der Waals surface area contributed by atoms with Crippen molar-refractivity contribution in [3.63, 3.8) is 0 Å². The molecule has 5 heteroatoms. The van der Waals surface area contributed by atoms with Crippen molar-refractivity contribution in [2.75, 3.05) is 0 Å². The van der Waals surface area contributed by atoms with Gasteiger partial charge in [0.15, 0.2) is 0 Å². The third-order valence-corrected chi connectivity index (χ3v) is 3.87. The Kier molecular flexibility index (Phi) is 4.22. The van der Waals surface area contributed by atoms with Gasteiger partial charge in [-0.25, -0.2) is 4.72 Å². The molecule has 0 bridgehead atoms. The van der Waals surface area contributed by atoms with E-state index in [2.05, 4.69) is 4.72 Å². The van der Waals surface area contributed by atoms with Crippen LogP contribution in [0.15, 0.2) is 0 Å². The lowest BCUT2D eigenvalue weighted by Crippen LogP contribution is -2.29. The van der Waals surface area contributed by atoms with Gasteiger partial charge in [-0.3, -0.25) is 4.79 Å². The molecule has 1 heterocycles. The van der Waals surface area contributed by atoms with Crippen LogP contribution in [0.25, 0.3) is 0 Å². The van der Waals surface area contributed by atoms with Crippen LogP contribution < -0.4 is 4.72 Å². The summed E-state index contributed by atoms with van der Waals surface area (Å²) in [6.07, 6.45) is 0. The third-order valence-electron chi connectivity index (χ3n) is 1.29. The molecule has 0 aromatic carbocycles. The molecule has 0 spiro atoms. The molecule has 1 saturated heterocycles. The minimum Gasteiger partial charge on any atom is -0.274 e. The molecular weight excluding hydrogens is 190 g/mol. The average Bonchev–Trinajstić information content (AvgIpc) is 2.71. The fraction of sp³-hybridized carbons (Fsp3) is 0.875. The van der Waals surface area contributed by atoms with E-state index in [0.717, 1.165) is 0 Å². The smallest absolute Gasteiger partial charge is 0.235 e. The van der Waals surface area contributed by atoms with Crippen molar-refractivity contribution in [2.24, 2.45) is 0 Å². The number of nitrogens with one attached hydrogen (secondary N) is 1. The normalized spacial score (nSPS) is 20.8. The van der Waals surface area contributed by atoms with E-state index in [9.17, 15) is 4.79 Å². The quantitative estimate of drug-likeness (QED) is 0.533. The number of hydrogen-bond acceptors (Lipinski definition) is 3. The molecule has 0 atom stereocenters. The standard InChI is InChI=1S/C6H13NO3S.C2H6/c1-5(8)7-11(9-10-11)6(2,3)4;1-2/h1-4H3,(H,7,8);1-2H3. The molecular formula is C8H19NO3S. The van der Waals surface area contributed by atoms with Crippen molar-refractivity contribution in [1.29, 1.82) is 0 Å². The highest BCUT2D eigenvalue weighted by Crippen LogP contribution is 2.70. The molecule has 13 heavy (non-hydrogen) atoms. The van der Waals surface area contributed by atoms with Crippen LogP contribution in [0, 0.1) is 0 Å². The second kappa shape index (κ2) is 4.30.